The van der Waals surface area contributed by atoms with Crippen LogP contribution in [-0.2, 0) is 0 Å². The first-order valence-electron chi connectivity index (χ1n) is 4.75. The Bertz CT molecular complexity index is 471. The zero-order chi connectivity index (χ0) is 11.4. The highest BCUT2D eigenvalue weighted by Crippen LogP contribution is 2.31. The summed E-state index contributed by atoms with van der Waals surface area (Å²) in [7, 11) is 1.49. The molecule has 1 heterocycles. The number of phenols is 1. The Kier molecular flexibility index (Phi) is 2.91. The Morgan fingerprint density at radius 2 is 2.06 bits per heavy atom. The summed E-state index contributed by atoms with van der Waals surface area (Å²) in [5, 5.41) is 9.54. The van der Waals surface area contributed by atoms with Crippen molar-refractivity contribution in [2.24, 2.45) is 0 Å². The van der Waals surface area contributed by atoms with Crippen molar-refractivity contribution in [3.8, 4) is 23.1 Å². The van der Waals surface area contributed by atoms with Crippen LogP contribution < -0.4 is 9.47 Å². The molecule has 0 amide bonds. The van der Waals surface area contributed by atoms with Crippen molar-refractivity contribution >= 4 is 0 Å². The zero-order valence-electron chi connectivity index (χ0n) is 8.75. The van der Waals surface area contributed by atoms with E-state index in [1.165, 1.54) is 13.2 Å². The lowest BCUT2D eigenvalue weighted by Gasteiger charge is -2.07. The lowest BCUT2D eigenvalue weighted by atomic mass is 10.3. The third-order valence-electron chi connectivity index (χ3n) is 2.01. The molecule has 4 heteroatoms. The normalized spacial score (nSPS) is 9.81. The van der Waals surface area contributed by atoms with Crippen LogP contribution in [0.25, 0.3) is 0 Å². The van der Waals surface area contributed by atoms with Gasteiger partial charge in [0.1, 0.15) is 5.75 Å². The number of nitrogens with zero attached hydrogens (tertiary/aromatic N) is 1. The summed E-state index contributed by atoms with van der Waals surface area (Å²) in [6, 6.07) is 10.2. The van der Waals surface area contributed by atoms with Gasteiger partial charge < -0.3 is 14.6 Å². The Hall–Kier alpha value is -2.23. The van der Waals surface area contributed by atoms with Crippen LogP contribution in [0.3, 0.4) is 0 Å². The molecule has 2 aromatic rings. The van der Waals surface area contributed by atoms with Gasteiger partial charge >= 0.3 is 0 Å². The number of benzene rings is 1. The van der Waals surface area contributed by atoms with Gasteiger partial charge in [0.15, 0.2) is 11.5 Å². The number of aromatic hydroxyl groups is 1. The highest BCUT2D eigenvalue weighted by atomic mass is 16.5. The standard InChI is InChI=1S/C12H11NO3/c1-15-11-6-5-9(8-10(11)14)16-12-4-2-3-7-13-12/h2-8,14H,1H3. The molecule has 0 aliphatic heterocycles. The quantitative estimate of drug-likeness (QED) is 0.858. The molecule has 0 saturated heterocycles. The number of hydrogen-bond acceptors (Lipinski definition) is 4. The predicted molar refractivity (Wildman–Crippen MR) is 59.0 cm³/mol. The van der Waals surface area contributed by atoms with E-state index in [1.807, 2.05) is 6.07 Å². The minimum absolute atomic E-state index is 0.0379. The van der Waals surface area contributed by atoms with Gasteiger partial charge in [-0.05, 0) is 18.2 Å². The summed E-state index contributed by atoms with van der Waals surface area (Å²) in [4.78, 5) is 4.01. The summed E-state index contributed by atoms with van der Waals surface area (Å²) in [5.74, 6) is 1.44. The number of pyridine rings is 1. The summed E-state index contributed by atoms with van der Waals surface area (Å²) in [6.07, 6.45) is 1.64. The molecule has 0 aliphatic carbocycles. The molecule has 1 aromatic heterocycles. The third kappa shape index (κ3) is 2.23. The highest BCUT2D eigenvalue weighted by molar-refractivity contribution is 5.45. The molecular weight excluding hydrogens is 206 g/mol. The Morgan fingerprint density at radius 1 is 1.19 bits per heavy atom. The number of hydrogen-bond donors (Lipinski definition) is 1. The monoisotopic (exact) mass is 217 g/mol. The number of rotatable bonds is 3. The van der Waals surface area contributed by atoms with Gasteiger partial charge in [0, 0.05) is 18.3 Å². The number of ether oxygens (including phenoxy) is 2. The second kappa shape index (κ2) is 4.53. The maximum Gasteiger partial charge on any atom is 0.219 e. The van der Waals surface area contributed by atoms with Gasteiger partial charge in [-0.2, -0.15) is 0 Å². The summed E-state index contributed by atoms with van der Waals surface area (Å²) >= 11 is 0. The van der Waals surface area contributed by atoms with E-state index in [9.17, 15) is 5.11 Å². The first kappa shape index (κ1) is 10.3. The second-order valence-electron chi connectivity index (χ2n) is 3.10. The maximum atomic E-state index is 9.54. The molecule has 0 radical (unpaired) electrons. The van der Waals surface area contributed by atoms with E-state index in [1.54, 1.807) is 30.5 Å². The summed E-state index contributed by atoms with van der Waals surface area (Å²) in [6.45, 7) is 0. The first-order valence-corrected chi connectivity index (χ1v) is 4.75. The fourth-order valence-electron chi connectivity index (χ4n) is 1.26. The predicted octanol–water partition coefficient (Wildman–Crippen LogP) is 2.59. The molecule has 4 nitrogen and oxygen atoms in total. The lowest BCUT2D eigenvalue weighted by molar-refractivity contribution is 0.369. The van der Waals surface area contributed by atoms with Crippen LogP contribution in [-0.4, -0.2) is 17.2 Å². The summed E-state index contributed by atoms with van der Waals surface area (Å²) in [5.41, 5.74) is 0. The van der Waals surface area contributed by atoms with E-state index in [0.717, 1.165) is 0 Å². The molecule has 0 unspecified atom stereocenters. The Morgan fingerprint density at radius 3 is 2.69 bits per heavy atom. The van der Waals surface area contributed by atoms with Crippen LogP contribution in [0.15, 0.2) is 42.6 Å². The average Bonchev–Trinajstić information content (AvgIpc) is 2.31. The minimum Gasteiger partial charge on any atom is -0.504 e. The Balaban J connectivity index is 2.20. The molecular formula is C12H11NO3. The SMILES string of the molecule is COc1ccc(Oc2ccccn2)cc1O. The largest absolute Gasteiger partial charge is 0.504 e. The van der Waals surface area contributed by atoms with E-state index in [2.05, 4.69) is 4.98 Å². The van der Waals surface area contributed by atoms with Crippen molar-refractivity contribution in [2.45, 2.75) is 0 Å². The molecule has 0 bridgehead atoms. The Labute approximate surface area is 93.1 Å². The van der Waals surface area contributed by atoms with E-state index in [0.29, 0.717) is 17.4 Å². The van der Waals surface area contributed by atoms with E-state index < -0.39 is 0 Å². The van der Waals surface area contributed by atoms with Gasteiger partial charge in [0.2, 0.25) is 5.88 Å². The third-order valence-corrected chi connectivity index (χ3v) is 2.01. The maximum absolute atomic E-state index is 9.54. The number of methoxy groups -OCH3 is 1. The second-order valence-corrected chi connectivity index (χ2v) is 3.10. The highest BCUT2D eigenvalue weighted by Gasteiger charge is 2.04. The van der Waals surface area contributed by atoms with Crippen LogP contribution in [0.5, 0.6) is 23.1 Å². The molecule has 0 fully saturated rings. The van der Waals surface area contributed by atoms with Crippen molar-refractivity contribution in [1.29, 1.82) is 0 Å². The van der Waals surface area contributed by atoms with E-state index >= 15 is 0 Å². The first-order chi connectivity index (χ1) is 7.79. The molecule has 82 valence electrons. The topological polar surface area (TPSA) is 51.6 Å². The molecule has 1 N–H and O–H groups in total. The van der Waals surface area contributed by atoms with E-state index in [-0.39, 0.29) is 5.75 Å². The van der Waals surface area contributed by atoms with Crippen LogP contribution in [0, 0.1) is 0 Å². The van der Waals surface area contributed by atoms with Gasteiger partial charge in [0.05, 0.1) is 7.11 Å². The minimum atomic E-state index is 0.0379. The van der Waals surface area contributed by atoms with Crippen LogP contribution >= 0.6 is 0 Å². The zero-order valence-corrected chi connectivity index (χ0v) is 8.75. The molecule has 2 rings (SSSR count). The fraction of sp³-hybridized carbons (Fsp3) is 0.0833. The average molecular weight is 217 g/mol. The van der Waals surface area contributed by atoms with Gasteiger partial charge in [-0.3, -0.25) is 0 Å². The molecule has 0 aliphatic rings. The van der Waals surface area contributed by atoms with Crippen molar-refractivity contribution in [2.75, 3.05) is 7.11 Å². The van der Waals surface area contributed by atoms with Gasteiger partial charge in [-0.25, -0.2) is 4.98 Å². The van der Waals surface area contributed by atoms with Gasteiger partial charge in [0.25, 0.3) is 0 Å². The van der Waals surface area contributed by atoms with Crippen LogP contribution in [0.1, 0.15) is 0 Å². The molecule has 0 spiro atoms. The molecule has 16 heavy (non-hydrogen) atoms. The summed E-state index contributed by atoms with van der Waals surface area (Å²) < 4.78 is 10.4. The lowest BCUT2D eigenvalue weighted by Crippen LogP contribution is -1.88. The van der Waals surface area contributed by atoms with Crippen molar-refractivity contribution in [3.05, 3.63) is 42.6 Å². The van der Waals surface area contributed by atoms with Crippen molar-refractivity contribution in [3.63, 3.8) is 0 Å². The van der Waals surface area contributed by atoms with Crippen LogP contribution in [0.2, 0.25) is 0 Å². The van der Waals surface area contributed by atoms with Crippen LogP contribution in [0.4, 0.5) is 0 Å². The molecule has 1 aromatic carbocycles. The van der Waals surface area contributed by atoms with Crippen molar-refractivity contribution in [1.82, 2.24) is 4.98 Å². The fourth-order valence-corrected chi connectivity index (χ4v) is 1.26. The van der Waals surface area contributed by atoms with Gasteiger partial charge in [-0.15, -0.1) is 0 Å². The van der Waals surface area contributed by atoms with E-state index in [4.69, 9.17) is 9.47 Å². The number of aromatic nitrogens is 1. The smallest absolute Gasteiger partial charge is 0.219 e. The van der Waals surface area contributed by atoms with Crippen molar-refractivity contribution < 1.29 is 14.6 Å². The molecule has 0 saturated carbocycles. The number of phenolic OH excluding ortho intramolecular Hbond substituents is 1. The molecule has 0 atom stereocenters. The van der Waals surface area contributed by atoms with Gasteiger partial charge in [-0.1, -0.05) is 6.07 Å².